The van der Waals surface area contributed by atoms with E-state index in [9.17, 15) is 15.2 Å². The number of benzene rings is 1. The lowest BCUT2D eigenvalue weighted by Crippen LogP contribution is -2.24. The van der Waals surface area contributed by atoms with Crippen LogP contribution in [0.4, 0.5) is 5.69 Å². The summed E-state index contributed by atoms with van der Waals surface area (Å²) in [4.78, 5) is 17.8. The molecule has 0 atom stereocenters. The Hall–Kier alpha value is -2.87. The number of carboxylic acid groups (broad SMARTS) is 1. The minimum atomic E-state index is -1.02. The van der Waals surface area contributed by atoms with Crippen molar-refractivity contribution in [2.75, 3.05) is 18.0 Å². The van der Waals surface area contributed by atoms with Crippen LogP contribution in [0, 0.1) is 11.3 Å². The molecule has 24 heavy (non-hydrogen) atoms. The van der Waals surface area contributed by atoms with Crippen molar-refractivity contribution in [1.82, 2.24) is 4.98 Å². The van der Waals surface area contributed by atoms with Gasteiger partial charge < -0.3 is 10.0 Å². The summed E-state index contributed by atoms with van der Waals surface area (Å²) < 4.78 is 0. The van der Waals surface area contributed by atoms with Gasteiger partial charge in [0.1, 0.15) is 6.07 Å². The van der Waals surface area contributed by atoms with E-state index in [0.29, 0.717) is 16.8 Å². The number of pyridine rings is 1. The molecule has 5 nitrogen and oxygen atoms in total. The Kier molecular flexibility index (Phi) is 4.76. The standard InChI is InChI=1S/C19H19N3O2/c20-13-15-12-14(18-16(19(23)24)6-5-9-21-18)7-8-17(15)22-10-3-1-2-4-11-22/h5-9,12H,1-4,10-11H2,(H,23,24). The highest BCUT2D eigenvalue weighted by Gasteiger charge is 2.17. The third kappa shape index (κ3) is 3.23. The molecule has 2 heterocycles. The number of hydrogen-bond acceptors (Lipinski definition) is 4. The van der Waals surface area contributed by atoms with Crippen molar-refractivity contribution < 1.29 is 9.90 Å². The number of rotatable bonds is 3. The zero-order valence-corrected chi connectivity index (χ0v) is 13.4. The molecule has 122 valence electrons. The third-order valence-electron chi connectivity index (χ3n) is 4.38. The fourth-order valence-electron chi connectivity index (χ4n) is 3.17. The van der Waals surface area contributed by atoms with Crippen molar-refractivity contribution in [3.8, 4) is 17.3 Å². The van der Waals surface area contributed by atoms with Gasteiger partial charge >= 0.3 is 5.97 Å². The molecule has 1 aromatic heterocycles. The molecule has 5 heteroatoms. The zero-order valence-electron chi connectivity index (χ0n) is 13.4. The van der Waals surface area contributed by atoms with Gasteiger partial charge in [-0.15, -0.1) is 0 Å². The van der Waals surface area contributed by atoms with Gasteiger partial charge in [-0.25, -0.2) is 4.79 Å². The van der Waals surface area contributed by atoms with Crippen molar-refractivity contribution in [2.24, 2.45) is 0 Å². The molecule has 0 bridgehead atoms. The second kappa shape index (κ2) is 7.14. The van der Waals surface area contributed by atoms with E-state index in [-0.39, 0.29) is 5.56 Å². The highest BCUT2D eigenvalue weighted by Crippen LogP contribution is 2.29. The van der Waals surface area contributed by atoms with Crippen LogP contribution < -0.4 is 4.90 Å². The number of nitrogens with zero attached hydrogens (tertiary/aromatic N) is 3. The van der Waals surface area contributed by atoms with Gasteiger partial charge in [0.25, 0.3) is 0 Å². The van der Waals surface area contributed by atoms with Crippen LogP contribution in [0.25, 0.3) is 11.3 Å². The van der Waals surface area contributed by atoms with Crippen LogP contribution in [0.15, 0.2) is 36.5 Å². The van der Waals surface area contributed by atoms with Gasteiger partial charge in [-0.05, 0) is 37.1 Å². The number of nitriles is 1. The maximum Gasteiger partial charge on any atom is 0.337 e. The van der Waals surface area contributed by atoms with Crippen molar-refractivity contribution in [3.63, 3.8) is 0 Å². The van der Waals surface area contributed by atoms with Crippen LogP contribution in [-0.2, 0) is 0 Å². The first-order valence-electron chi connectivity index (χ1n) is 8.18. The smallest absolute Gasteiger partial charge is 0.337 e. The largest absolute Gasteiger partial charge is 0.478 e. The molecule has 1 fully saturated rings. The number of hydrogen-bond donors (Lipinski definition) is 1. The average Bonchev–Trinajstić information content (AvgIpc) is 2.90. The van der Waals surface area contributed by atoms with E-state index in [1.54, 1.807) is 18.3 Å². The second-order valence-corrected chi connectivity index (χ2v) is 5.95. The fourth-order valence-corrected chi connectivity index (χ4v) is 3.17. The van der Waals surface area contributed by atoms with E-state index in [1.165, 1.54) is 18.9 Å². The Labute approximate surface area is 141 Å². The molecule has 0 amide bonds. The lowest BCUT2D eigenvalue weighted by atomic mass is 10.0. The van der Waals surface area contributed by atoms with Gasteiger partial charge in [0.2, 0.25) is 0 Å². The molecule has 0 saturated carbocycles. The first-order valence-corrected chi connectivity index (χ1v) is 8.18. The summed E-state index contributed by atoms with van der Waals surface area (Å²) in [6.07, 6.45) is 6.29. The summed E-state index contributed by atoms with van der Waals surface area (Å²) in [5, 5.41) is 18.9. The number of aromatic carboxylic acids is 1. The van der Waals surface area contributed by atoms with Crippen LogP contribution in [0.5, 0.6) is 0 Å². The minimum Gasteiger partial charge on any atom is -0.478 e. The Morgan fingerprint density at radius 3 is 2.58 bits per heavy atom. The summed E-state index contributed by atoms with van der Waals surface area (Å²) >= 11 is 0. The lowest BCUT2D eigenvalue weighted by molar-refractivity contribution is 0.0697. The number of aromatic nitrogens is 1. The Morgan fingerprint density at radius 1 is 1.17 bits per heavy atom. The summed E-state index contributed by atoms with van der Waals surface area (Å²) in [6.45, 7) is 1.91. The quantitative estimate of drug-likeness (QED) is 0.932. The van der Waals surface area contributed by atoms with Crippen LogP contribution in [0.3, 0.4) is 0 Å². The Morgan fingerprint density at radius 2 is 1.92 bits per heavy atom. The Balaban J connectivity index is 2.01. The molecule has 1 aliphatic heterocycles. The van der Waals surface area contributed by atoms with Gasteiger partial charge in [0.15, 0.2) is 0 Å². The maximum atomic E-state index is 11.4. The summed E-state index contributed by atoms with van der Waals surface area (Å²) in [6, 6.07) is 10.9. The molecular weight excluding hydrogens is 302 g/mol. The van der Waals surface area contributed by atoms with Crippen LogP contribution in [0.2, 0.25) is 0 Å². The van der Waals surface area contributed by atoms with Gasteiger partial charge in [-0.1, -0.05) is 18.9 Å². The SMILES string of the molecule is N#Cc1cc(-c2ncccc2C(=O)O)ccc1N1CCCCCC1. The van der Waals surface area contributed by atoms with Crippen molar-refractivity contribution in [1.29, 1.82) is 5.26 Å². The number of carboxylic acids is 1. The molecule has 0 aliphatic carbocycles. The van der Waals surface area contributed by atoms with Gasteiger partial charge in [-0.2, -0.15) is 5.26 Å². The number of carbonyl (C=O) groups is 1. The van der Waals surface area contributed by atoms with Crippen LogP contribution in [0.1, 0.15) is 41.6 Å². The van der Waals surface area contributed by atoms with E-state index in [1.807, 2.05) is 12.1 Å². The van der Waals surface area contributed by atoms with Crippen LogP contribution >= 0.6 is 0 Å². The molecular formula is C19H19N3O2. The van der Waals surface area contributed by atoms with E-state index in [0.717, 1.165) is 31.6 Å². The maximum absolute atomic E-state index is 11.4. The number of anilines is 1. The minimum absolute atomic E-state index is 0.143. The van der Waals surface area contributed by atoms with Gasteiger partial charge in [0, 0.05) is 24.8 Å². The fraction of sp³-hybridized carbons (Fsp3) is 0.316. The molecule has 0 spiro atoms. The second-order valence-electron chi connectivity index (χ2n) is 5.95. The first-order chi connectivity index (χ1) is 11.7. The normalized spacial score (nSPS) is 14.7. The van der Waals surface area contributed by atoms with Crippen molar-refractivity contribution in [2.45, 2.75) is 25.7 Å². The monoisotopic (exact) mass is 321 g/mol. The summed E-state index contributed by atoms with van der Waals surface area (Å²) in [5.41, 5.74) is 2.68. The zero-order chi connectivity index (χ0) is 16.9. The molecule has 0 unspecified atom stereocenters. The van der Waals surface area contributed by atoms with Crippen molar-refractivity contribution >= 4 is 11.7 Å². The first kappa shape index (κ1) is 16.0. The highest BCUT2D eigenvalue weighted by atomic mass is 16.4. The molecule has 3 rings (SSSR count). The lowest BCUT2D eigenvalue weighted by Gasteiger charge is -2.24. The third-order valence-corrected chi connectivity index (χ3v) is 4.38. The van der Waals surface area contributed by atoms with Crippen molar-refractivity contribution in [3.05, 3.63) is 47.7 Å². The molecule has 1 saturated heterocycles. The van der Waals surface area contributed by atoms with Gasteiger partial charge in [-0.3, -0.25) is 4.98 Å². The molecule has 1 aromatic carbocycles. The van der Waals surface area contributed by atoms with E-state index < -0.39 is 5.97 Å². The van der Waals surface area contributed by atoms with Gasteiger partial charge in [0.05, 0.1) is 22.5 Å². The van der Waals surface area contributed by atoms with E-state index in [4.69, 9.17) is 0 Å². The molecule has 2 aromatic rings. The van der Waals surface area contributed by atoms with E-state index in [2.05, 4.69) is 16.0 Å². The van der Waals surface area contributed by atoms with E-state index >= 15 is 0 Å². The molecule has 0 radical (unpaired) electrons. The molecule has 1 aliphatic rings. The van der Waals surface area contributed by atoms with Crippen LogP contribution in [-0.4, -0.2) is 29.1 Å². The predicted molar refractivity (Wildman–Crippen MR) is 92.0 cm³/mol. The predicted octanol–water partition coefficient (Wildman–Crippen LogP) is 3.70. The highest BCUT2D eigenvalue weighted by molar-refractivity contribution is 5.95. The Bertz CT molecular complexity index is 787. The topological polar surface area (TPSA) is 77.2 Å². The summed E-state index contributed by atoms with van der Waals surface area (Å²) in [5.74, 6) is -1.02. The summed E-state index contributed by atoms with van der Waals surface area (Å²) in [7, 11) is 0. The molecule has 1 N–H and O–H groups in total. The average molecular weight is 321 g/mol.